The zero-order chi connectivity index (χ0) is 20.2. The molecule has 1 aliphatic carbocycles. The molecule has 0 amide bonds. The topological polar surface area (TPSA) is 65.0 Å². The normalized spacial score (nSPS) is 19.9. The quantitative estimate of drug-likeness (QED) is 0.537. The zero-order valence-electron chi connectivity index (χ0n) is 17.4. The van der Waals surface area contributed by atoms with Gasteiger partial charge in [-0.15, -0.1) is 11.3 Å². The molecule has 0 aromatic carbocycles. The van der Waals surface area contributed by atoms with E-state index in [4.69, 9.17) is 0 Å². The first-order valence-electron chi connectivity index (χ1n) is 10.5. The van der Waals surface area contributed by atoms with E-state index in [-0.39, 0.29) is 0 Å². The van der Waals surface area contributed by atoms with Crippen LogP contribution in [0.3, 0.4) is 0 Å². The van der Waals surface area contributed by atoms with Crippen molar-refractivity contribution in [3.63, 3.8) is 0 Å². The SMILES string of the molecule is CCN(CC)S(=O)(=O)c1ccc(CCNC(=NC)N2CCC3(CCCC3)C2)s1. The van der Waals surface area contributed by atoms with Gasteiger partial charge in [-0.25, -0.2) is 8.42 Å². The third kappa shape index (κ3) is 4.54. The smallest absolute Gasteiger partial charge is 0.252 e. The van der Waals surface area contributed by atoms with Gasteiger partial charge in [0.05, 0.1) is 0 Å². The lowest BCUT2D eigenvalue weighted by Crippen LogP contribution is -2.41. The lowest BCUT2D eigenvalue weighted by atomic mass is 9.86. The Labute approximate surface area is 174 Å². The number of thiophene rings is 1. The summed E-state index contributed by atoms with van der Waals surface area (Å²) in [7, 11) is -1.50. The summed E-state index contributed by atoms with van der Waals surface area (Å²) in [5.41, 5.74) is 0.527. The van der Waals surface area contributed by atoms with Crippen LogP contribution in [0.5, 0.6) is 0 Å². The number of sulfonamides is 1. The predicted octanol–water partition coefficient (Wildman–Crippen LogP) is 3.16. The monoisotopic (exact) mass is 426 g/mol. The molecule has 1 aromatic rings. The number of nitrogens with zero attached hydrogens (tertiary/aromatic N) is 3. The minimum atomic E-state index is -3.35. The number of aliphatic imine (C=N–C) groups is 1. The van der Waals surface area contributed by atoms with E-state index in [1.54, 1.807) is 6.07 Å². The molecule has 3 rings (SSSR count). The summed E-state index contributed by atoms with van der Waals surface area (Å²) < 4.78 is 27.2. The summed E-state index contributed by atoms with van der Waals surface area (Å²) in [6.45, 7) is 7.73. The number of nitrogens with one attached hydrogen (secondary N) is 1. The molecule has 1 saturated heterocycles. The number of likely N-dealkylation sites (tertiary alicyclic amines) is 1. The molecular weight excluding hydrogens is 392 g/mol. The Morgan fingerprint density at radius 3 is 2.61 bits per heavy atom. The number of hydrogen-bond donors (Lipinski definition) is 1. The van der Waals surface area contributed by atoms with Gasteiger partial charge in [0.1, 0.15) is 4.21 Å². The van der Waals surface area contributed by atoms with E-state index < -0.39 is 10.0 Å². The fourth-order valence-electron chi connectivity index (χ4n) is 4.60. The van der Waals surface area contributed by atoms with Gasteiger partial charge >= 0.3 is 0 Å². The van der Waals surface area contributed by atoms with Crippen LogP contribution in [-0.2, 0) is 16.4 Å². The van der Waals surface area contributed by atoms with Gasteiger partial charge in [-0.1, -0.05) is 26.7 Å². The second-order valence-corrected chi connectivity index (χ2v) is 11.2. The van der Waals surface area contributed by atoms with E-state index in [1.165, 1.54) is 47.7 Å². The van der Waals surface area contributed by atoms with Gasteiger partial charge in [-0.3, -0.25) is 4.99 Å². The van der Waals surface area contributed by atoms with Crippen molar-refractivity contribution in [1.82, 2.24) is 14.5 Å². The Kier molecular flexibility index (Phi) is 7.04. The van der Waals surface area contributed by atoms with Gasteiger partial charge in [0.2, 0.25) is 0 Å². The molecule has 2 fully saturated rings. The maximum absolute atomic E-state index is 12.6. The van der Waals surface area contributed by atoms with Crippen LogP contribution in [0.1, 0.15) is 50.8 Å². The van der Waals surface area contributed by atoms with Gasteiger partial charge < -0.3 is 10.2 Å². The molecule has 2 aliphatic rings. The van der Waals surface area contributed by atoms with Crippen molar-refractivity contribution >= 4 is 27.3 Å². The highest BCUT2D eigenvalue weighted by atomic mass is 32.2. The van der Waals surface area contributed by atoms with E-state index in [0.717, 1.165) is 36.9 Å². The standard InChI is InChI=1S/C20H34N4O2S2/c1-4-24(5-2)28(25,26)18-9-8-17(27-18)10-14-22-19(21-3)23-15-13-20(16-23)11-6-7-12-20/h8-9H,4-7,10-16H2,1-3H3,(H,21,22). The fraction of sp³-hybridized carbons (Fsp3) is 0.750. The summed E-state index contributed by atoms with van der Waals surface area (Å²) in [5.74, 6) is 0.983. The molecule has 1 aromatic heterocycles. The van der Waals surface area contributed by atoms with Gasteiger partial charge in [-0.05, 0) is 43.2 Å². The number of rotatable bonds is 7. The average molecular weight is 427 g/mol. The van der Waals surface area contributed by atoms with Crippen LogP contribution in [0, 0.1) is 5.41 Å². The molecule has 2 heterocycles. The minimum Gasteiger partial charge on any atom is -0.356 e. The molecule has 0 atom stereocenters. The zero-order valence-corrected chi connectivity index (χ0v) is 19.0. The molecule has 1 aliphatic heterocycles. The van der Waals surface area contributed by atoms with Crippen LogP contribution >= 0.6 is 11.3 Å². The maximum atomic E-state index is 12.6. The van der Waals surface area contributed by atoms with E-state index in [2.05, 4.69) is 15.2 Å². The summed E-state index contributed by atoms with van der Waals surface area (Å²) >= 11 is 1.38. The summed E-state index contributed by atoms with van der Waals surface area (Å²) in [6, 6.07) is 3.68. The van der Waals surface area contributed by atoms with Crippen molar-refractivity contribution in [3.05, 3.63) is 17.0 Å². The van der Waals surface area contributed by atoms with Crippen LogP contribution < -0.4 is 5.32 Å². The van der Waals surface area contributed by atoms with Gasteiger partial charge in [0, 0.05) is 44.6 Å². The van der Waals surface area contributed by atoms with Crippen molar-refractivity contribution in [2.75, 3.05) is 39.8 Å². The highest BCUT2D eigenvalue weighted by molar-refractivity contribution is 7.91. The first-order valence-corrected chi connectivity index (χ1v) is 12.7. The molecule has 8 heteroatoms. The predicted molar refractivity (Wildman–Crippen MR) is 117 cm³/mol. The van der Waals surface area contributed by atoms with Crippen molar-refractivity contribution in [2.24, 2.45) is 10.4 Å². The van der Waals surface area contributed by atoms with E-state index in [0.29, 0.717) is 22.7 Å². The molecule has 1 spiro atoms. The van der Waals surface area contributed by atoms with E-state index >= 15 is 0 Å². The molecule has 1 saturated carbocycles. The number of hydrogen-bond acceptors (Lipinski definition) is 4. The van der Waals surface area contributed by atoms with Crippen molar-refractivity contribution in [3.8, 4) is 0 Å². The molecule has 0 radical (unpaired) electrons. The van der Waals surface area contributed by atoms with Crippen LogP contribution in [-0.4, -0.2) is 63.4 Å². The first kappa shape index (κ1) is 21.6. The Morgan fingerprint density at radius 2 is 1.96 bits per heavy atom. The van der Waals surface area contributed by atoms with Crippen LogP contribution in [0.2, 0.25) is 0 Å². The third-order valence-corrected chi connectivity index (χ3v) is 9.87. The molecule has 1 N–H and O–H groups in total. The van der Waals surface area contributed by atoms with Gasteiger partial charge in [0.25, 0.3) is 10.0 Å². The van der Waals surface area contributed by atoms with Crippen LogP contribution in [0.15, 0.2) is 21.3 Å². The summed E-state index contributed by atoms with van der Waals surface area (Å²) in [4.78, 5) is 7.96. The van der Waals surface area contributed by atoms with Gasteiger partial charge in [0.15, 0.2) is 5.96 Å². The molecule has 0 unspecified atom stereocenters. The van der Waals surface area contributed by atoms with E-state index in [1.807, 2.05) is 27.0 Å². The fourth-order valence-corrected chi connectivity index (χ4v) is 7.57. The second kappa shape index (κ2) is 9.13. The summed E-state index contributed by atoms with van der Waals surface area (Å²) in [5, 5.41) is 3.48. The second-order valence-electron chi connectivity index (χ2n) is 7.91. The molecule has 28 heavy (non-hydrogen) atoms. The molecule has 0 bridgehead atoms. The highest BCUT2D eigenvalue weighted by Crippen LogP contribution is 2.45. The first-order chi connectivity index (χ1) is 13.4. The molecular formula is C20H34N4O2S2. The Bertz CT molecular complexity index is 778. The van der Waals surface area contributed by atoms with Crippen molar-refractivity contribution in [2.45, 2.75) is 56.6 Å². The van der Waals surface area contributed by atoms with E-state index in [9.17, 15) is 8.42 Å². The highest BCUT2D eigenvalue weighted by Gasteiger charge is 2.41. The lowest BCUT2D eigenvalue weighted by molar-refractivity contribution is 0.309. The minimum absolute atomic E-state index is 0.443. The maximum Gasteiger partial charge on any atom is 0.252 e. The Hall–Kier alpha value is -1.12. The van der Waals surface area contributed by atoms with Gasteiger partial charge in [-0.2, -0.15) is 4.31 Å². The number of guanidine groups is 1. The average Bonchev–Trinajstić information content (AvgIpc) is 3.42. The Balaban J connectivity index is 1.53. The lowest BCUT2D eigenvalue weighted by Gasteiger charge is -2.25. The Morgan fingerprint density at radius 1 is 1.25 bits per heavy atom. The van der Waals surface area contributed by atoms with Crippen molar-refractivity contribution < 1.29 is 8.42 Å². The summed E-state index contributed by atoms with van der Waals surface area (Å²) in [6.07, 6.45) is 7.55. The van der Waals surface area contributed by atoms with Crippen LogP contribution in [0.4, 0.5) is 0 Å². The molecule has 158 valence electrons. The van der Waals surface area contributed by atoms with Crippen LogP contribution in [0.25, 0.3) is 0 Å². The van der Waals surface area contributed by atoms with Crippen molar-refractivity contribution in [1.29, 1.82) is 0 Å². The largest absolute Gasteiger partial charge is 0.356 e. The third-order valence-electron chi connectivity index (χ3n) is 6.20. The molecule has 6 nitrogen and oxygen atoms in total.